The number of carbonyl (C=O) groups is 3. The fourth-order valence-corrected chi connectivity index (χ4v) is 2.73. The number of amides is 1. The molecule has 0 saturated carbocycles. The van der Waals surface area contributed by atoms with Gasteiger partial charge in [-0.15, -0.1) is 0 Å². The minimum atomic E-state index is -0.815. The average Bonchev–Trinajstić information content (AvgIpc) is 2.95. The van der Waals surface area contributed by atoms with E-state index < -0.39 is 24.2 Å². The number of hydrogen-bond donors (Lipinski definition) is 1. The van der Waals surface area contributed by atoms with E-state index in [9.17, 15) is 18.8 Å². The molecule has 0 radical (unpaired) electrons. The first kappa shape index (κ1) is 21.0. The Balaban J connectivity index is 1.56. The lowest BCUT2D eigenvalue weighted by atomic mass is 10.1. The summed E-state index contributed by atoms with van der Waals surface area (Å²) in [5, 5.41) is 2.42. The van der Waals surface area contributed by atoms with E-state index in [0.29, 0.717) is 30.3 Å². The number of ketones is 1. The number of esters is 1. The Morgan fingerprint density at radius 1 is 1.10 bits per heavy atom. The summed E-state index contributed by atoms with van der Waals surface area (Å²) >= 11 is 0. The van der Waals surface area contributed by atoms with E-state index in [1.54, 1.807) is 18.2 Å². The van der Waals surface area contributed by atoms with Gasteiger partial charge in [-0.3, -0.25) is 9.59 Å². The average molecular weight is 413 g/mol. The molecule has 1 N–H and O–H groups in total. The van der Waals surface area contributed by atoms with Gasteiger partial charge in [0, 0.05) is 25.1 Å². The zero-order valence-electron chi connectivity index (χ0n) is 16.3. The van der Waals surface area contributed by atoms with Crippen molar-refractivity contribution in [1.82, 2.24) is 0 Å². The lowest BCUT2D eigenvalue weighted by molar-refractivity contribution is -0.136. The Bertz CT molecular complexity index is 1000. The molecule has 156 valence electrons. The number of fused-ring (bicyclic) bond motifs is 1. The van der Waals surface area contributed by atoms with Crippen LogP contribution in [0, 0.1) is 5.82 Å². The fraction of sp³-hybridized carbons (Fsp3) is 0.227. The zero-order valence-corrected chi connectivity index (χ0v) is 16.3. The number of halogens is 1. The van der Waals surface area contributed by atoms with Crippen LogP contribution in [0.15, 0.2) is 42.5 Å². The zero-order chi connectivity index (χ0) is 21.5. The van der Waals surface area contributed by atoms with Crippen LogP contribution in [-0.2, 0) is 14.3 Å². The van der Waals surface area contributed by atoms with Crippen LogP contribution in [0.3, 0.4) is 0 Å². The minimum Gasteiger partial charge on any atom is -0.490 e. The summed E-state index contributed by atoms with van der Waals surface area (Å²) in [4.78, 5) is 35.0. The Kier molecular flexibility index (Phi) is 6.79. The molecule has 30 heavy (non-hydrogen) atoms. The summed E-state index contributed by atoms with van der Waals surface area (Å²) in [7, 11) is 0. The molecule has 0 aromatic heterocycles. The van der Waals surface area contributed by atoms with Gasteiger partial charge in [0.1, 0.15) is 5.82 Å². The molecule has 0 unspecified atom stereocenters. The molecular weight excluding hydrogens is 393 g/mol. The molecule has 1 aliphatic rings. The molecule has 8 heteroatoms. The summed E-state index contributed by atoms with van der Waals surface area (Å²) in [6, 6.07) is 8.90. The van der Waals surface area contributed by atoms with E-state index in [1.165, 1.54) is 31.2 Å². The van der Waals surface area contributed by atoms with Gasteiger partial charge in [-0.2, -0.15) is 0 Å². The first-order valence-electron chi connectivity index (χ1n) is 9.27. The van der Waals surface area contributed by atoms with Crippen molar-refractivity contribution in [3.63, 3.8) is 0 Å². The standard InChI is InChI=1S/C22H20FNO6/c1-14(25)24-16-5-6-17(18(23)12-16)19(26)13-30-22(27)8-4-15-3-7-20-21(11-15)29-10-2-9-28-20/h3-8,11-12H,2,9-10,13H2,1H3,(H,24,25)/b8-4+. The third kappa shape index (κ3) is 5.66. The molecule has 0 saturated heterocycles. The fourth-order valence-electron chi connectivity index (χ4n) is 2.73. The normalized spacial score (nSPS) is 12.9. The van der Waals surface area contributed by atoms with E-state index in [0.717, 1.165) is 12.5 Å². The van der Waals surface area contributed by atoms with Crippen molar-refractivity contribution < 1.29 is 33.0 Å². The molecule has 0 bridgehead atoms. The number of rotatable bonds is 6. The van der Waals surface area contributed by atoms with Crippen LogP contribution in [0.4, 0.5) is 10.1 Å². The van der Waals surface area contributed by atoms with E-state index >= 15 is 0 Å². The Morgan fingerprint density at radius 3 is 2.60 bits per heavy atom. The van der Waals surface area contributed by atoms with Gasteiger partial charge in [0.2, 0.25) is 11.7 Å². The van der Waals surface area contributed by atoms with Crippen LogP contribution in [-0.4, -0.2) is 37.5 Å². The molecule has 2 aromatic rings. The van der Waals surface area contributed by atoms with Crippen LogP contribution in [0.1, 0.15) is 29.3 Å². The van der Waals surface area contributed by atoms with Crippen molar-refractivity contribution in [2.24, 2.45) is 0 Å². The van der Waals surface area contributed by atoms with E-state index in [-0.39, 0.29) is 17.2 Å². The lowest BCUT2D eigenvalue weighted by Gasteiger charge is -2.07. The predicted octanol–water partition coefficient (Wildman–Crippen LogP) is 3.38. The third-order valence-corrected chi connectivity index (χ3v) is 4.12. The van der Waals surface area contributed by atoms with Crippen LogP contribution in [0.5, 0.6) is 11.5 Å². The number of Topliss-reactive ketones (excluding diaryl/α,β-unsaturated/α-hetero) is 1. The quantitative estimate of drug-likeness (QED) is 0.444. The Labute approximate surface area is 172 Å². The van der Waals surface area contributed by atoms with Crippen molar-refractivity contribution >= 4 is 29.4 Å². The summed E-state index contributed by atoms with van der Waals surface area (Å²) in [5.74, 6) is -1.38. The number of carbonyl (C=O) groups excluding carboxylic acids is 3. The SMILES string of the molecule is CC(=O)Nc1ccc(C(=O)COC(=O)/C=C/c2ccc3c(c2)OCCCO3)c(F)c1. The van der Waals surface area contributed by atoms with Crippen molar-refractivity contribution in [3.05, 3.63) is 59.4 Å². The summed E-state index contributed by atoms with van der Waals surface area (Å²) in [6.45, 7) is 1.81. The molecular formula is C22H20FNO6. The molecule has 1 amide bonds. The molecule has 0 fully saturated rings. The summed E-state index contributed by atoms with van der Waals surface area (Å²) in [6.07, 6.45) is 3.48. The second-order valence-corrected chi connectivity index (χ2v) is 6.50. The second kappa shape index (κ2) is 9.69. The van der Waals surface area contributed by atoms with Crippen LogP contribution < -0.4 is 14.8 Å². The summed E-state index contributed by atoms with van der Waals surface area (Å²) < 4.78 is 30.1. The van der Waals surface area contributed by atoms with Gasteiger partial charge in [-0.05, 0) is 42.0 Å². The van der Waals surface area contributed by atoms with Crippen molar-refractivity contribution in [2.45, 2.75) is 13.3 Å². The van der Waals surface area contributed by atoms with Gasteiger partial charge in [0.15, 0.2) is 18.1 Å². The van der Waals surface area contributed by atoms with Crippen LogP contribution >= 0.6 is 0 Å². The van der Waals surface area contributed by atoms with Crippen LogP contribution in [0.25, 0.3) is 6.08 Å². The molecule has 7 nitrogen and oxygen atoms in total. The van der Waals surface area contributed by atoms with Crippen molar-refractivity contribution in [1.29, 1.82) is 0 Å². The third-order valence-electron chi connectivity index (χ3n) is 4.12. The van der Waals surface area contributed by atoms with Crippen molar-refractivity contribution in [3.8, 4) is 11.5 Å². The predicted molar refractivity (Wildman–Crippen MR) is 107 cm³/mol. The lowest BCUT2D eigenvalue weighted by Crippen LogP contribution is -2.14. The molecule has 0 aliphatic carbocycles. The first-order valence-corrected chi connectivity index (χ1v) is 9.27. The Hall–Kier alpha value is -3.68. The molecule has 0 atom stereocenters. The van der Waals surface area contributed by atoms with Gasteiger partial charge < -0.3 is 19.5 Å². The van der Waals surface area contributed by atoms with E-state index in [4.69, 9.17) is 14.2 Å². The molecule has 1 heterocycles. The number of benzene rings is 2. The highest BCUT2D eigenvalue weighted by Gasteiger charge is 2.15. The molecule has 2 aromatic carbocycles. The van der Waals surface area contributed by atoms with Gasteiger partial charge in [0.25, 0.3) is 0 Å². The number of hydrogen-bond acceptors (Lipinski definition) is 6. The first-order chi connectivity index (χ1) is 14.4. The van der Waals surface area contributed by atoms with Crippen LogP contribution in [0.2, 0.25) is 0 Å². The number of nitrogens with one attached hydrogen (secondary N) is 1. The highest BCUT2D eigenvalue weighted by Crippen LogP contribution is 2.30. The largest absolute Gasteiger partial charge is 0.490 e. The van der Waals surface area contributed by atoms with Crippen molar-refractivity contribution in [2.75, 3.05) is 25.1 Å². The second-order valence-electron chi connectivity index (χ2n) is 6.50. The maximum absolute atomic E-state index is 14.1. The highest BCUT2D eigenvalue weighted by atomic mass is 19.1. The molecule has 0 spiro atoms. The van der Waals surface area contributed by atoms with E-state index in [1.807, 2.05) is 0 Å². The van der Waals surface area contributed by atoms with Gasteiger partial charge >= 0.3 is 5.97 Å². The van der Waals surface area contributed by atoms with Gasteiger partial charge in [0.05, 0.1) is 18.8 Å². The minimum absolute atomic E-state index is 0.228. The van der Waals surface area contributed by atoms with Gasteiger partial charge in [-0.1, -0.05) is 6.07 Å². The van der Waals surface area contributed by atoms with Gasteiger partial charge in [-0.25, -0.2) is 9.18 Å². The topological polar surface area (TPSA) is 90.9 Å². The molecule has 3 rings (SSSR count). The monoisotopic (exact) mass is 413 g/mol. The number of ether oxygens (including phenoxy) is 3. The number of anilines is 1. The Morgan fingerprint density at radius 2 is 1.87 bits per heavy atom. The highest BCUT2D eigenvalue weighted by molar-refractivity contribution is 5.99. The van der Waals surface area contributed by atoms with E-state index in [2.05, 4.69) is 5.32 Å². The maximum atomic E-state index is 14.1. The maximum Gasteiger partial charge on any atom is 0.331 e. The summed E-state index contributed by atoms with van der Waals surface area (Å²) in [5.41, 5.74) is 0.692. The smallest absolute Gasteiger partial charge is 0.331 e. The molecule has 1 aliphatic heterocycles.